The molecule has 0 saturated carbocycles. The Kier molecular flexibility index (Phi) is 4.75. The molecule has 2 atom stereocenters. The summed E-state index contributed by atoms with van der Waals surface area (Å²) in [5, 5.41) is 4.34. The molecule has 1 aromatic rings. The van der Waals surface area contributed by atoms with Crippen molar-refractivity contribution in [3.63, 3.8) is 0 Å². The zero-order chi connectivity index (χ0) is 15.8. The quantitative estimate of drug-likeness (QED) is 0.907. The first-order valence-electron chi connectivity index (χ1n) is 7.56. The van der Waals surface area contributed by atoms with E-state index < -0.39 is 10.0 Å². The van der Waals surface area contributed by atoms with Gasteiger partial charge in [0, 0.05) is 19.1 Å². The van der Waals surface area contributed by atoms with Crippen LogP contribution in [0.2, 0.25) is 0 Å². The van der Waals surface area contributed by atoms with Crippen LogP contribution in [0, 0.1) is 19.8 Å². The van der Waals surface area contributed by atoms with Crippen LogP contribution in [0.4, 0.5) is 0 Å². The number of rotatable bonds is 4. The lowest BCUT2D eigenvalue weighted by Gasteiger charge is -2.36. The van der Waals surface area contributed by atoms with Gasteiger partial charge in [0.2, 0.25) is 10.0 Å². The molecule has 2 rings (SSSR count). The van der Waals surface area contributed by atoms with Gasteiger partial charge >= 0.3 is 0 Å². The fraction of sp³-hybridized carbons (Fsp3) is 0.786. The van der Waals surface area contributed by atoms with Gasteiger partial charge in [-0.25, -0.2) is 8.42 Å². The monoisotopic (exact) mass is 314 g/mol. The summed E-state index contributed by atoms with van der Waals surface area (Å²) in [7, 11) is -3.49. The molecule has 1 fully saturated rings. The summed E-state index contributed by atoms with van der Waals surface area (Å²) in [5.74, 6) is 0.383. The maximum atomic E-state index is 13.0. The number of nitrogens with two attached hydrogens (primary N) is 1. The largest absolute Gasteiger partial charge is 0.329 e. The van der Waals surface area contributed by atoms with E-state index in [-0.39, 0.29) is 6.04 Å². The Morgan fingerprint density at radius 2 is 2.00 bits per heavy atom. The molecule has 0 aromatic carbocycles. The van der Waals surface area contributed by atoms with E-state index in [2.05, 4.69) is 12.0 Å². The molecule has 2 heterocycles. The normalized spacial score (nSPS) is 24.4. The van der Waals surface area contributed by atoms with Gasteiger partial charge in [-0.2, -0.15) is 9.40 Å². The first-order valence-corrected chi connectivity index (χ1v) is 9.00. The van der Waals surface area contributed by atoms with Crippen molar-refractivity contribution in [1.82, 2.24) is 14.1 Å². The number of hydrogen-bond acceptors (Lipinski definition) is 4. The van der Waals surface area contributed by atoms with Gasteiger partial charge in [0.25, 0.3) is 0 Å². The zero-order valence-electron chi connectivity index (χ0n) is 13.3. The Morgan fingerprint density at radius 1 is 1.33 bits per heavy atom. The second kappa shape index (κ2) is 6.06. The summed E-state index contributed by atoms with van der Waals surface area (Å²) in [6.45, 7) is 9.24. The molecular weight excluding hydrogens is 288 g/mol. The van der Waals surface area contributed by atoms with Gasteiger partial charge in [0.05, 0.1) is 17.9 Å². The van der Waals surface area contributed by atoms with Crippen LogP contribution in [0.5, 0.6) is 0 Å². The topological polar surface area (TPSA) is 81.2 Å². The molecule has 0 bridgehead atoms. The highest BCUT2D eigenvalue weighted by Crippen LogP contribution is 2.31. The third-order valence-electron chi connectivity index (χ3n) is 4.54. The molecule has 1 aliphatic rings. The number of piperidine rings is 1. The van der Waals surface area contributed by atoms with Gasteiger partial charge in [-0.15, -0.1) is 0 Å². The van der Waals surface area contributed by atoms with Gasteiger partial charge in [0.15, 0.2) is 0 Å². The first-order chi connectivity index (χ1) is 9.80. The lowest BCUT2D eigenvalue weighted by atomic mass is 9.94. The fourth-order valence-electron chi connectivity index (χ4n) is 3.15. The smallest absolute Gasteiger partial charge is 0.246 e. The minimum atomic E-state index is -3.49. The minimum Gasteiger partial charge on any atom is -0.329 e. The van der Waals surface area contributed by atoms with Crippen LogP contribution in [-0.4, -0.2) is 41.6 Å². The van der Waals surface area contributed by atoms with Crippen LogP contribution in [0.3, 0.4) is 0 Å². The van der Waals surface area contributed by atoms with Gasteiger partial charge in [-0.3, -0.25) is 4.68 Å². The second-order valence-corrected chi connectivity index (χ2v) is 7.82. The van der Waals surface area contributed by atoms with E-state index in [4.69, 9.17) is 5.73 Å². The lowest BCUT2D eigenvalue weighted by Crippen LogP contribution is -2.46. The summed E-state index contributed by atoms with van der Waals surface area (Å²) < 4.78 is 29.4. The van der Waals surface area contributed by atoms with Gasteiger partial charge in [-0.05, 0) is 39.5 Å². The molecule has 21 heavy (non-hydrogen) atoms. The van der Waals surface area contributed by atoms with Crippen molar-refractivity contribution in [1.29, 1.82) is 0 Å². The van der Waals surface area contributed by atoms with E-state index in [1.165, 1.54) is 0 Å². The van der Waals surface area contributed by atoms with Crippen LogP contribution in [0.15, 0.2) is 4.90 Å². The molecule has 2 unspecified atom stereocenters. The maximum Gasteiger partial charge on any atom is 0.246 e. The van der Waals surface area contributed by atoms with Crippen LogP contribution in [0.25, 0.3) is 0 Å². The molecule has 1 aliphatic heterocycles. The molecule has 1 aromatic heterocycles. The third kappa shape index (κ3) is 2.86. The predicted molar refractivity (Wildman–Crippen MR) is 82.5 cm³/mol. The summed E-state index contributed by atoms with van der Waals surface area (Å²) in [6, 6.07) is 0.0282. The number of aromatic nitrogens is 2. The SMILES string of the molecule is Cc1nn(CCN)c(C)c1S(=O)(=O)N1CCCC(C)C1C. The summed E-state index contributed by atoms with van der Waals surface area (Å²) in [5.41, 5.74) is 6.81. The van der Waals surface area contributed by atoms with Crippen molar-refractivity contribution in [2.24, 2.45) is 11.7 Å². The summed E-state index contributed by atoms with van der Waals surface area (Å²) in [6.07, 6.45) is 2.00. The number of hydrogen-bond donors (Lipinski definition) is 1. The van der Waals surface area contributed by atoms with Gasteiger partial charge in [-0.1, -0.05) is 6.92 Å². The first kappa shape index (κ1) is 16.5. The fourth-order valence-corrected chi connectivity index (χ4v) is 5.29. The van der Waals surface area contributed by atoms with Crippen molar-refractivity contribution < 1.29 is 8.42 Å². The molecule has 7 heteroatoms. The number of nitrogens with zero attached hydrogens (tertiary/aromatic N) is 3. The molecule has 0 radical (unpaired) electrons. The molecule has 120 valence electrons. The Morgan fingerprint density at radius 3 is 2.62 bits per heavy atom. The Hall–Kier alpha value is -0.920. The molecule has 1 saturated heterocycles. The molecule has 6 nitrogen and oxygen atoms in total. The molecule has 0 aliphatic carbocycles. The van der Waals surface area contributed by atoms with E-state index in [0.29, 0.717) is 41.8 Å². The van der Waals surface area contributed by atoms with E-state index in [1.807, 2.05) is 6.92 Å². The Bertz CT molecular complexity index is 609. The second-order valence-electron chi connectivity index (χ2n) is 5.99. The third-order valence-corrected chi connectivity index (χ3v) is 6.78. The van der Waals surface area contributed by atoms with Crippen molar-refractivity contribution in [3.05, 3.63) is 11.4 Å². The Balaban J connectivity index is 2.44. The number of sulfonamides is 1. The standard InChI is InChI=1S/C14H26N4O2S/c1-10-6-5-8-18(12(10)3)21(19,20)14-11(2)16-17(9-7-15)13(14)4/h10,12H,5-9,15H2,1-4H3. The molecule has 2 N–H and O–H groups in total. The van der Waals surface area contributed by atoms with E-state index in [0.717, 1.165) is 12.8 Å². The average Bonchev–Trinajstić information content (AvgIpc) is 2.68. The van der Waals surface area contributed by atoms with E-state index >= 15 is 0 Å². The Labute approximate surface area is 127 Å². The van der Waals surface area contributed by atoms with Gasteiger partial charge in [0.1, 0.15) is 4.90 Å². The average molecular weight is 314 g/mol. The minimum absolute atomic E-state index is 0.0282. The highest BCUT2D eigenvalue weighted by molar-refractivity contribution is 7.89. The predicted octanol–water partition coefficient (Wildman–Crippen LogP) is 1.27. The van der Waals surface area contributed by atoms with Gasteiger partial charge < -0.3 is 5.73 Å². The molecule has 0 amide bonds. The number of aryl methyl sites for hydroxylation is 1. The maximum absolute atomic E-state index is 13.0. The van der Waals surface area contributed by atoms with Crippen molar-refractivity contribution in [3.8, 4) is 0 Å². The van der Waals surface area contributed by atoms with E-state index in [9.17, 15) is 8.42 Å². The van der Waals surface area contributed by atoms with Crippen molar-refractivity contribution in [2.75, 3.05) is 13.1 Å². The molecule has 0 spiro atoms. The van der Waals surface area contributed by atoms with E-state index in [1.54, 1.807) is 22.8 Å². The van der Waals surface area contributed by atoms with Crippen molar-refractivity contribution >= 4 is 10.0 Å². The highest BCUT2D eigenvalue weighted by atomic mass is 32.2. The molecular formula is C14H26N4O2S. The highest BCUT2D eigenvalue weighted by Gasteiger charge is 2.37. The van der Waals surface area contributed by atoms with Crippen LogP contribution in [0.1, 0.15) is 38.1 Å². The zero-order valence-corrected chi connectivity index (χ0v) is 14.2. The summed E-state index contributed by atoms with van der Waals surface area (Å²) >= 11 is 0. The van der Waals surface area contributed by atoms with Crippen LogP contribution in [-0.2, 0) is 16.6 Å². The van der Waals surface area contributed by atoms with Crippen LogP contribution >= 0.6 is 0 Å². The summed E-state index contributed by atoms with van der Waals surface area (Å²) in [4.78, 5) is 0.358. The van der Waals surface area contributed by atoms with Crippen LogP contribution < -0.4 is 5.73 Å². The lowest BCUT2D eigenvalue weighted by molar-refractivity contribution is 0.202. The van der Waals surface area contributed by atoms with Crippen molar-refractivity contribution in [2.45, 2.75) is 58.0 Å².